The van der Waals surface area contributed by atoms with Gasteiger partial charge in [0.05, 0.1) is 11.9 Å². The minimum absolute atomic E-state index is 0.126. The Kier molecular flexibility index (Phi) is 4.26. The highest BCUT2D eigenvalue weighted by Crippen LogP contribution is 2.27. The van der Waals surface area contributed by atoms with Crippen LogP contribution in [-0.2, 0) is 15.6 Å². The maximum Gasteiger partial charge on any atom is 0.203 e. The van der Waals surface area contributed by atoms with Crippen molar-refractivity contribution >= 4 is 9.84 Å². The summed E-state index contributed by atoms with van der Waals surface area (Å²) >= 11 is 0. The van der Waals surface area contributed by atoms with E-state index in [4.69, 9.17) is 4.74 Å². The van der Waals surface area contributed by atoms with Crippen molar-refractivity contribution in [2.45, 2.75) is 10.8 Å². The largest absolute Gasteiger partial charge is 0.451 e. The average molecular weight is 351 g/mol. The summed E-state index contributed by atoms with van der Waals surface area (Å²) in [5.41, 5.74) is 0.205. The number of hydrogen-bond donors (Lipinski definition) is 1. The van der Waals surface area contributed by atoms with Gasteiger partial charge in [0, 0.05) is 0 Å². The van der Waals surface area contributed by atoms with Crippen molar-refractivity contribution in [3.05, 3.63) is 65.9 Å². The zero-order valence-corrected chi connectivity index (χ0v) is 12.9. The van der Waals surface area contributed by atoms with Gasteiger partial charge >= 0.3 is 0 Å². The fourth-order valence-corrected chi connectivity index (χ4v) is 3.16. The van der Waals surface area contributed by atoms with Crippen LogP contribution in [0.4, 0.5) is 8.78 Å². The van der Waals surface area contributed by atoms with Gasteiger partial charge in [-0.3, -0.25) is 0 Å². The van der Waals surface area contributed by atoms with Gasteiger partial charge < -0.3 is 4.74 Å². The van der Waals surface area contributed by atoms with E-state index in [1.54, 1.807) is 6.07 Å². The Morgan fingerprint density at radius 1 is 1.04 bits per heavy atom. The van der Waals surface area contributed by atoms with E-state index in [-0.39, 0.29) is 22.1 Å². The van der Waals surface area contributed by atoms with E-state index in [9.17, 15) is 17.2 Å². The molecule has 1 heterocycles. The molecule has 0 saturated heterocycles. The molecule has 0 aliphatic carbocycles. The van der Waals surface area contributed by atoms with Gasteiger partial charge in [0.15, 0.2) is 28.2 Å². The highest BCUT2D eigenvalue weighted by atomic mass is 32.2. The minimum atomic E-state index is -3.74. The van der Waals surface area contributed by atoms with Crippen molar-refractivity contribution in [1.82, 2.24) is 15.4 Å². The zero-order valence-electron chi connectivity index (χ0n) is 12.1. The first-order chi connectivity index (χ1) is 11.5. The topological polar surface area (TPSA) is 84.9 Å². The van der Waals surface area contributed by atoms with Gasteiger partial charge in [-0.05, 0) is 29.8 Å². The number of nitrogens with one attached hydrogen (secondary N) is 1. The molecule has 0 atom stereocenters. The molecule has 1 N–H and O–H groups in total. The van der Waals surface area contributed by atoms with Gasteiger partial charge in [0.25, 0.3) is 0 Å². The normalized spacial score (nSPS) is 11.4. The van der Waals surface area contributed by atoms with Crippen molar-refractivity contribution in [3.63, 3.8) is 0 Å². The third-order valence-corrected chi connectivity index (χ3v) is 4.67. The number of benzene rings is 2. The van der Waals surface area contributed by atoms with Crippen LogP contribution in [0.15, 0.2) is 53.7 Å². The maximum atomic E-state index is 14.1. The Hall–Kier alpha value is -2.81. The second-order valence-corrected chi connectivity index (χ2v) is 6.80. The summed E-state index contributed by atoms with van der Waals surface area (Å²) in [6, 6.07) is 9.23. The van der Waals surface area contributed by atoms with Crippen molar-refractivity contribution in [2.24, 2.45) is 0 Å². The highest BCUT2D eigenvalue weighted by Gasteiger charge is 2.19. The number of aromatic nitrogens is 3. The summed E-state index contributed by atoms with van der Waals surface area (Å²) in [6.45, 7) is 0. The lowest BCUT2D eigenvalue weighted by molar-refractivity contribution is 0.414. The van der Waals surface area contributed by atoms with Gasteiger partial charge in [-0.15, -0.1) is 5.10 Å². The van der Waals surface area contributed by atoms with E-state index < -0.39 is 27.2 Å². The van der Waals surface area contributed by atoms with Crippen LogP contribution in [0, 0.1) is 11.6 Å². The summed E-state index contributed by atoms with van der Waals surface area (Å²) in [6.07, 6.45) is 1.07. The van der Waals surface area contributed by atoms with Crippen LogP contribution in [0.1, 0.15) is 5.56 Å². The molecule has 24 heavy (non-hydrogen) atoms. The molecule has 0 spiro atoms. The van der Waals surface area contributed by atoms with Crippen LogP contribution in [0.2, 0.25) is 0 Å². The Bertz CT molecular complexity index is 960. The summed E-state index contributed by atoms with van der Waals surface area (Å²) < 4.78 is 56.9. The van der Waals surface area contributed by atoms with Crippen LogP contribution in [0.5, 0.6) is 11.5 Å². The first-order valence-electron chi connectivity index (χ1n) is 6.75. The Morgan fingerprint density at radius 2 is 1.79 bits per heavy atom. The molecule has 0 amide bonds. The van der Waals surface area contributed by atoms with Gasteiger partial charge in [-0.25, -0.2) is 17.2 Å². The molecule has 6 nitrogen and oxygen atoms in total. The number of sulfone groups is 1. The molecule has 9 heteroatoms. The number of halogens is 2. The first kappa shape index (κ1) is 16.1. The number of hydrogen-bond acceptors (Lipinski definition) is 5. The zero-order chi connectivity index (χ0) is 17.2. The molecule has 0 bridgehead atoms. The van der Waals surface area contributed by atoms with E-state index in [0.29, 0.717) is 0 Å². The van der Waals surface area contributed by atoms with Crippen LogP contribution in [-0.4, -0.2) is 23.8 Å². The number of rotatable bonds is 5. The van der Waals surface area contributed by atoms with Gasteiger partial charge in [0.1, 0.15) is 0 Å². The van der Waals surface area contributed by atoms with Gasteiger partial charge in [-0.2, -0.15) is 10.3 Å². The molecule has 0 aliphatic heterocycles. The SMILES string of the molecule is O=S(=O)(Cc1ccc(Oc2ccccc2F)c(F)c1)c1cn[nH]n1. The minimum Gasteiger partial charge on any atom is -0.451 e. The molecule has 124 valence electrons. The molecule has 0 fully saturated rings. The van der Waals surface area contributed by atoms with Crippen molar-refractivity contribution < 1.29 is 21.9 Å². The fraction of sp³-hybridized carbons (Fsp3) is 0.0667. The lowest BCUT2D eigenvalue weighted by Crippen LogP contribution is -2.06. The van der Waals surface area contributed by atoms with Gasteiger partial charge in [-0.1, -0.05) is 18.2 Å². The lowest BCUT2D eigenvalue weighted by atomic mass is 10.2. The molecule has 0 saturated carbocycles. The lowest BCUT2D eigenvalue weighted by Gasteiger charge is -2.09. The molecule has 1 aromatic heterocycles. The molecule has 3 rings (SSSR count). The molecular weight excluding hydrogens is 340 g/mol. The maximum absolute atomic E-state index is 14.1. The monoisotopic (exact) mass is 351 g/mol. The summed E-state index contributed by atoms with van der Waals surface area (Å²) in [7, 11) is -3.74. The number of H-pyrrole nitrogens is 1. The predicted molar refractivity (Wildman–Crippen MR) is 80.1 cm³/mol. The quantitative estimate of drug-likeness (QED) is 0.764. The van der Waals surface area contributed by atoms with E-state index in [1.807, 2.05) is 0 Å². The Morgan fingerprint density at radius 3 is 2.46 bits per heavy atom. The predicted octanol–water partition coefficient (Wildman–Crippen LogP) is 2.85. The molecule has 0 unspecified atom stereocenters. The smallest absolute Gasteiger partial charge is 0.203 e. The van der Waals surface area contributed by atoms with E-state index in [2.05, 4.69) is 15.4 Å². The first-order valence-corrected chi connectivity index (χ1v) is 8.40. The third-order valence-electron chi connectivity index (χ3n) is 3.12. The second-order valence-electron chi connectivity index (χ2n) is 4.86. The molecule has 3 aromatic rings. The summed E-state index contributed by atoms with van der Waals surface area (Å²) in [5, 5.41) is 8.92. The standard InChI is InChI=1S/C15H11F2N3O3S/c16-11-3-1-2-4-13(11)23-14-6-5-10(7-12(14)17)9-24(21,22)15-8-18-20-19-15/h1-8H,9H2,(H,18,19,20). The Balaban J connectivity index is 1.82. The number of ether oxygens (including phenoxy) is 1. The fourth-order valence-electron chi connectivity index (χ4n) is 2.00. The third kappa shape index (κ3) is 3.40. The summed E-state index contributed by atoms with van der Waals surface area (Å²) in [4.78, 5) is 0. The molecular formula is C15H11F2N3O3S. The second kappa shape index (κ2) is 6.36. The van der Waals surface area contributed by atoms with Crippen molar-refractivity contribution in [2.75, 3.05) is 0 Å². The molecule has 0 radical (unpaired) electrons. The van der Waals surface area contributed by atoms with E-state index in [1.165, 1.54) is 30.3 Å². The number of nitrogens with zero attached hydrogens (tertiary/aromatic N) is 2. The summed E-state index contributed by atoms with van der Waals surface area (Å²) in [5.74, 6) is -2.21. The van der Waals surface area contributed by atoms with Crippen LogP contribution >= 0.6 is 0 Å². The highest BCUT2D eigenvalue weighted by molar-refractivity contribution is 7.90. The van der Waals surface area contributed by atoms with Crippen molar-refractivity contribution in [1.29, 1.82) is 0 Å². The van der Waals surface area contributed by atoms with Crippen LogP contribution < -0.4 is 4.74 Å². The van der Waals surface area contributed by atoms with Crippen molar-refractivity contribution in [3.8, 4) is 11.5 Å². The van der Waals surface area contributed by atoms with Crippen LogP contribution in [0.3, 0.4) is 0 Å². The number of aromatic amines is 1. The number of para-hydroxylation sites is 1. The van der Waals surface area contributed by atoms with E-state index >= 15 is 0 Å². The average Bonchev–Trinajstić information content (AvgIpc) is 3.07. The van der Waals surface area contributed by atoms with E-state index in [0.717, 1.165) is 12.3 Å². The van der Waals surface area contributed by atoms with Gasteiger partial charge in [0.2, 0.25) is 9.84 Å². The van der Waals surface area contributed by atoms with Crippen LogP contribution in [0.25, 0.3) is 0 Å². The molecule has 2 aromatic carbocycles. The molecule has 0 aliphatic rings. The Labute approximate surface area is 136 Å².